The fraction of sp³-hybridized carbons (Fsp3) is 0.368. The minimum absolute atomic E-state index is 0.0109. The molecule has 1 aliphatic rings. The normalized spacial score (nSPS) is 17.3. The smallest absolute Gasteiger partial charge is 0.240 e. The quantitative estimate of drug-likeness (QED) is 0.831. The predicted octanol–water partition coefficient (Wildman–Crippen LogP) is 2.64. The standard InChI is InChI=1S/C19H24N2O3S/c1-14(2)24-16-7-9-17(10-8-16)25(22,23)21-13-19-18-6-4-3-5-15(18)11-12-20-19/h3-10,14,19-21H,11-13H2,1-2H3. The van der Waals surface area contributed by atoms with E-state index in [4.69, 9.17) is 4.74 Å². The van der Waals surface area contributed by atoms with Crippen LogP contribution in [0.3, 0.4) is 0 Å². The molecule has 1 aliphatic heterocycles. The van der Waals surface area contributed by atoms with Crippen molar-refractivity contribution in [2.45, 2.75) is 37.3 Å². The molecule has 0 aromatic heterocycles. The van der Waals surface area contributed by atoms with Gasteiger partial charge in [-0.1, -0.05) is 24.3 Å². The van der Waals surface area contributed by atoms with E-state index in [1.165, 1.54) is 5.56 Å². The predicted molar refractivity (Wildman–Crippen MR) is 98.3 cm³/mol. The number of sulfonamides is 1. The molecule has 5 nitrogen and oxygen atoms in total. The second-order valence-corrected chi connectivity index (χ2v) is 8.21. The van der Waals surface area contributed by atoms with E-state index < -0.39 is 10.0 Å². The second-order valence-electron chi connectivity index (χ2n) is 6.45. The van der Waals surface area contributed by atoms with Crippen LogP contribution in [0.5, 0.6) is 5.75 Å². The maximum atomic E-state index is 12.5. The third-order valence-corrected chi connectivity index (χ3v) is 5.64. The van der Waals surface area contributed by atoms with Gasteiger partial charge < -0.3 is 10.1 Å². The first kappa shape index (κ1) is 17.9. The molecule has 0 aliphatic carbocycles. The van der Waals surface area contributed by atoms with E-state index in [0.717, 1.165) is 18.5 Å². The Bertz CT molecular complexity index is 817. The Morgan fingerprint density at radius 2 is 1.88 bits per heavy atom. The molecule has 2 aromatic carbocycles. The number of rotatable bonds is 6. The van der Waals surface area contributed by atoms with Gasteiger partial charge in [0.05, 0.1) is 11.0 Å². The summed E-state index contributed by atoms with van der Waals surface area (Å²) in [5, 5.41) is 3.38. The highest BCUT2D eigenvalue weighted by Crippen LogP contribution is 2.23. The van der Waals surface area contributed by atoms with Gasteiger partial charge in [-0.05, 0) is 62.2 Å². The molecular formula is C19H24N2O3S. The van der Waals surface area contributed by atoms with Crippen LogP contribution in [-0.2, 0) is 16.4 Å². The van der Waals surface area contributed by atoms with E-state index in [-0.39, 0.29) is 17.0 Å². The first-order chi connectivity index (χ1) is 12.0. The fourth-order valence-electron chi connectivity index (χ4n) is 3.02. The number of nitrogens with one attached hydrogen (secondary N) is 2. The monoisotopic (exact) mass is 360 g/mol. The zero-order valence-electron chi connectivity index (χ0n) is 14.5. The second kappa shape index (κ2) is 7.56. The molecule has 0 saturated carbocycles. The van der Waals surface area contributed by atoms with Gasteiger partial charge >= 0.3 is 0 Å². The van der Waals surface area contributed by atoms with Crippen molar-refractivity contribution < 1.29 is 13.2 Å². The highest BCUT2D eigenvalue weighted by atomic mass is 32.2. The topological polar surface area (TPSA) is 67.4 Å². The van der Waals surface area contributed by atoms with Crippen molar-refractivity contribution in [1.82, 2.24) is 10.0 Å². The molecular weight excluding hydrogens is 336 g/mol. The van der Waals surface area contributed by atoms with Gasteiger partial charge in [-0.3, -0.25) is 0 Å². The van der Waals surface area contributed by atoms with Gasteiger partial charge in [-0.25, -0.2) is 13.1 Å². The van der Waals surface area contributed by atoms with Crippen LogP contribution in [0.4, 0.5) is 0 Å². The van der Waals surface area contributed by atoms with E-state index in [9.17, 15) is 8.42 Å². The summed E-state index contributed by atoms with van der Waals surface area (Å²) in [7, 11) is -3.55. The number of hydrogen-bond acceptors (Lipinski definition) is 4. The first-order valence-electron chi connectivity index (χ1n) is 8.53. The van der Waals surface area contributed by atoms with Gasteiger partial charge in [0.1, 0.15) is 5.75 Å². The molecule has 6 heteroatoms. The number of fused-ring (bicyclic) bond motifs is 1. The van der Waals surface area contributed by atoms with Crippen LogP contribution in [-0.4, -0.2) is 27.6 Å². The van der Waals surface area contributed by atoms with E-state index in [1.54, 1.807) is 24.3 Å². The van der Waals surface area contributed by atoms with Crippen LogP contribution < -0.4 is 14.8 Å². The highest BCUT2D eigenvalue weighted by Gasteiger charge is 2.22. The number of ether oxygens (including phenoxy) is 1. The first-order valence-corrected chi connectivity index (χ1v) is 10.0. The Kier molecular flexibility index (Phi) is 5.42. The molecule has 0 fully saturated rings. The third-order valence-electron chi connectivity index (χ3n) is 4.20. The summed E-state index contributed by atoms with van der Waals surface area (Å²) in [6.45, 7) is 5.04. The summed E-state index contributed by atoms with van der Waals surface area (Å²) < 4.78 is 33.3. The zero-order chi connectivity index (χ0) is 17.9. The fourth-order valence-corrected chi connectivity index (χ4v) is 4.07. The van der Waals surface area contributed by atoms with E-state index in [1.807, 2.05) is 26.0 Å². The molecule has 2 aromatic rings. The summed E-state index contributed by atoms with van der Waals surface area (Å²) in [5.74, 6) is 0.664. The minimum atomic E-state index is -3.55. The molecule has 0 spiro atoms. The van der Waals surface area contributed by atoms with E-state index in [0.29, 0.717) is 12.3 Å². The lowest BCUT2D eigenvalue weighted by molar-refractivity contribution is 0.242. The Balaban J connectivity index is 1.68. The average Bonchev–Trinajstić information content (AvgIpc) is 2.60. The molecule has 0 saturated heterocycles. The summed E-state index contributed by atoms with van der Waals surface area (Å²) >= 11 is 0. The number of benzene rings is 2. The van der Waals surface area contributed by atoms with Crippen LogP contribution in [0.25, 0.3) is 0 Å². The number of hydrogen-bond donors (Lipinski definition) is 2. The molecule has 1 unspecified atom stereocenters. The van der Waals surface area contributed by atoms with Gasteiger partial charge in [0.2, 0.25) is 10.0 Å². The summed E-state index contributed by atoms with van der Waals surface area (Å²) in [5.41, 5.74) is 2.44. The molecule has 0 radical (unpaired) electrons. The zero-order valence-corrected chi connectivity index (χ0v) is 15.3. The van der Waals surface area contributed by atoms with Crippen LogP contribution >= 0.6 is 0 Å². The Hall–Kier alpha value is -1.89. The molecule has 0 bridgehead atoms. The summed E-state index contributed by atoms with van der Waals surface area (Å²) in [4.78, 5) is 0.243. The van der Waals surface area contributed by atoms with E-state index >= 15 is 0 Å². The van der Waals surface area contributed by atoms with Crippen LogP contribution in [0.15, 0.2) is 53.4 Å². The Morgan fingerprint density at radius 1 is 1.16 bits per heavy atom. The molecule has 1 heterocycles. The van der Waals surface area contributed by atoms with Crippen molar-refractivity contribution in [3.8, 4) is 5.75 Å². The van der Waals surface area contributed by atoms with Gasteiger partial charge in [-0.15, -0.1) is 0 Å². The van der Waals surface area contributed by atoms with Gasteiger partial charge in [0.15, 0.2) is 0 Å². The lowest BCUT2D eigenvalue weighted by atomic mass is 9.95. The van der Waals surface area contributed by atoms with Crippen molar-refractivity contribution in [3.05, 3.63) is 59.7 Å². The third kappa shape index (κ3) is 4.39. The minimum Gasteiger partial charge on any atom is -0.491 e. The molecule has 25 heavy (non-hydrogen) atoms. The molecule has 134 valence electrons. The van der Waals surface area contributed by atoms with Crippen LogP contribution in [0.1, 0.15) is 31.0 Å². The Morgan fingerprint density at radius 3 is 2.60 bits per heavy atom. The molecule has 2 N–H and O–H groups in total. The average molecular weight is 360 g/mol. The largest absolute Gasteiger partial charge is 0.491 e. The molecule has 1 atom stereocenters. The summed E-state index contributed by atoms with van der Waals surface area (Å²) in [6.07, 6.45) is 1.02. The van der Waals surface area contributed by atoms with Gasteiger partial charge in [0, 0.05) is 12.6 Å². The van der Waals surface area contributed by atoms with Crippen molar-refractivity contribution in [3.63, 3.8) is 0 Å². The molecule has 3 rings (SSSR count). The van der Waals surface area contributed by atoms with Crippen LogP contribution in [0, 0.1) is 0 Å². The van der Waals surface area contributed by atoms with E-state index in [2.05, 4.69) is 22.2 Å². The van der Waals surface area contributed by atoms with Crippen LogP contribution in [0.2, 0.25) is 0 Å². The van der Waals surface area contributed by atoms with Crippen molar-refractivity contribution in [2.75, 3.05) is 13.1 Å². The maximum Gasteiger partial charge on any atom is 0.240 e. The van der Waals surface area contributed by atoms with Crippen molar-refractivity contribution >= 4 is 10.0 Å². The highest BCUT2D eigenvalue weighted by molar-refractivity contribution is 7.89. The summed E-state index contributed by atoms with van der Waals surface area (Å²) in [6, 6.07) is 14.7. The van der Waals surface area contributed by atoms with Gasteiger partial charge in [0.25, 0.3) is 0 Å². The molecule has 0 amide bonds. The van der Waals surface area contributed by atoms with Crippen molar-refractivity contribution in [1.29, 1.82) is 0 Å². The lowest BCUT2D eigenvalue weighted by Gasteiger charge is -2.27. The van der Waals surface area contributed by atoms with Gasteiger partial charge in [-0.2, -0.15) is 0 Å². The maximum absolute atomic E-state index is 12.5. The Labute approximate surface area is 149 Å². The SMILES string of the molecule is CC(C)Oc1ccc(S(=O)(=O)NCC2NCCc3ccccc32)cc1. The lowest BCUT2D eigenvalue weighted by Crippen LogP contribution is -2.38. The van der Waals surface area contributed by atoms with Crippen molar-refractivity contribution in [2.24, 2.45) is 0 Å².